The number of aromatic nitrogens is 1. The molecule has 8 amide bonds. The molecule has 0 radical (unpaired) electrons. The number of ether oxygens (including phenoxy) is 7. The van der Waals surface area contributed by atoms with E-state index >= 15 is 14.4 Å². The van der Waals surface area contributed by atoms with Crippen molar-refractivity contribution in [3.63, 3.8) is 0 Å². The Balaban J connectivity index is 0.845. The Morgan fingerprint density at radius 3 is 1.72 bits per heavy atom. The molecule has 2 heterocycles. The Morgan fingerprint density at radius 1 is 0.607 bits per heavy atom. The van der Waals surface area contributed by atoms with Gasteiger partial charge in [0.1, 0.15) is 60.3 Å². The summed E-state index contributed by atoms with van der Waals surface area (Å²) in [7, 11) is 0. The van der Waals surface area contributed by atoms with Crippen molar-refractivity contribution in [3.05, 3.63) is 221 Å². The number of nitrogens with two attached hydrogens (primary N) is 2. The molecule has 2 unspecified atom stereocenters. The highest BCUT2D eigenvalue weighted by atomic mass is 32.1. The number of aliphatic hydroxyl groups excluding tert-OH is 3. The molecule has 135 heavy (non-hydrogen) atoms. The number of fused-ring (bicyclic) bond motifs is 6. The number of aromatic hydroxyl groups is 1. The van der Waals surface area contributed by atoms with Crippen molar-refractivity contribution >= 4 is 119 Å². The van der Waals surface area contributed by atoms with E-state index in [2.05, 4.69) is 67.5 Å². The topological polar surface area (TPSA) is 557 Å². The average Bonchev–Trinajstić information content (AvgIpc) is 1.64. The van der Waals surface area contributed by atoms with Gasteiger partial charge in [-0.15, -0.1) is 0 Å². The van der Waals surface area contributed by atoms with Gasteiger partial charge in [-0.1, -0.05) is 153 Å². The van der Waals surface area contributed by atoms with Gasteiger partial charge in [0, 0.05) is 116 Å². The first-order valence-electron chi connectivity index (χ1n) is 44.4. The number of benzene rings is 6. The Kier molecular flexibility index (Phi) is 34.9. The lowest BCUT2D eigenvalue weighted by Gasteiger charge is -2.63. The number of nitrogens with one attached hydrogen (secondary N) is 8. The third-order valence-electron chi connectivity index (χ3n) is 25.5. The largest absolute Gasteiger partial charge is 0.508 e. The van der Waals surface area contributed by atoms with E-state index in [4.69, 9.17) is 44.6 Å². The van der Waals surface area contributed by atoms with Crippen LogP contribution < -0.4 is 48.7 Å². The highest BCUT2D eigenvalue weighted by molar-refractivity contribution is 7.80. The molecule has 3 fully saturated rings. The van der Waals surface area contributed by atoms with Crippen molar-refractivity contribution in [1.82, 2.24) is 42.2 Å². The Hall–Kier alpha value is -12.4. The normalized spacial score (nSPS) is 22.9. The Labute approximate surface area is 789 Å². The molecular formula is C97H116N10O26S2. The maximum atomic E-state index is 16.3. The van der Waals surface area contributed by atoms with Gasteiger partial charge in [-0.3, -0.25) is 62.3 Å². The number of esters is 5. The summed E-state index contributed by atoms with van der Waals surface area (Å²) in [6, 6.07) is 33.8. The number of rotatable bonds is 42. The van der Waals surface area contributed by atoms with Crippen molar-refractivity contribution in [1.29, 1.82) is 0 Å². The number of carbonyl (C=O) groups is 14. The van der Waals surface area contributed by atoms with E-state index < -0.39 is 246 Å². The van der Waals surface area contributed by atoms with Crippen LogP contribution in [0.5, 0.6) is 5.75 Å². The number of aliphatic hydroxyl groups is 4. The molecule has 20 atom stereocenters. The van der Waals surface area contributed by atoms with E-state index in [-0.39, 0.29) is 91.0 Å². The van der Waals surface area contributed by atoms with Crippen LogP contribution >= 0.6 is 25.3 Å². The van der Waals surface area contributed by atoms with Crippen LogP contribution in [-0.2, 0) is 115 Å². The second-order valence-corrected chi connectivity index (χ2v) is 35.8. The number of H-pyrrole nitrogens is 1. The van der Waals surface area contributed by atoms with Crippen LogP contribution in [0.25, 0.3) is 10.9 Å². The highest BCUT2D eigenvalue weighted by Gasteiger charge is 2.75. The third kappa shape index (κ3) is 24.7. The minimum atomic E-state index is -2.30. The fraction of sp³-hybridized carbons (Fsp3) is 0.443. The maximum Gasteiger partial charge on any atom is 0.350 e. The van der Waals surface area contributed by atoms with Gasteiger partial charge >= 0.3 is 29.8 Å². The molecule has 2 bridgehead atoms. The van der Waals surface area contributed by atoms with Crippen molar-refractivity contribution in [3.8, 4) is 5.75 Å². The number of thiol groups is 2. The SMILES string of the molecule is CC(=O)O[C@H]1C(=O)[C@@]2(C)C([C@H](OC(O)c3ccccc3)C[C@]3(O)C[C@H](OC(=O)[C@H](OC(=O)CCCC(=O)O[C@H](Cc4ccccc4)C(=O)N[C@@H](CS)C(=O)N[C@@H](Cc4ccc(O)cc4)C(=O)N[C@@H](Cc4c[nH]c5ccccc45)C(=O)N[C@@H](CCCN)C(=O)N[C@@H](CS)C(=O)N[C@H](C(N)=O)[C@@H](C)O)[C@H](NC(=O)c4ccccc4)c4ccccc4)C(C)=C1C3(C)C)[C@]1(OC(C)=O)CO[C@@H]1C[C@@H]2O. The predicted molar refractivity (Wildman–Crippen MR) is 493 cm³/mol. The van der Waals surface area contributed by atoms with Crippen LogP contribution in [0.4, 0.5) is 0 Å². The summed E-state index contributed by atoms with van der Waals surface area (Å²) < 4.78 is 43.6. The second-order valence-electron chi connectivity index (χ2n) is 35.1. The summed E-state index contributed by atoms with van der Waals surface area (Å²) in [6.45, 7) is 9.10. The van der Waals surface area contributed by atoms with Gasteiger partial charge in [0.25, 0.3) is 11.8 Å². The van der Waals surface area contributed by atoms with E-state index in [0.717, 1.165) is 13.8 Å². The number of hydrogen-bond donors (Lipinski definition) is 17. The van der Waals surface area contributed by atoms with E-state index in [1.165, 1.54) is 69.3 Å². The number of primary amides is 1. The number of amides is 8. The molecule has 11 rings (SSSR count). The van der Waals surface area contributed by atoms with Crippen molar-refractivity contribution in [2.75, 3.05) is 24.7 Å². The molecule has 17 N–H and O–H groups in total. The highest BCUT2D eigenvalue weighted by Crippen LogP contribution is 2.63. The maximum absolute atomic E-state index is 16.3. The number of phenols is 1. The third-order valence-corrected chi connectivity index (χ3v) is 26.2. The molecule has 1 aliphatic heterocycles. The summed E-state index contributed by atoms with van der Waals surface area (Å²) in [4.78, 5) is 206. The zero-order valence-electron chi connectivity index (χ0n) is 75.5. The van der Waals surface area contributed by atoms with Crippen molar-refractivity contribution in [2.24, 2.45) is 28.2 Å². The van der Waals surface area contributed by atoms with Crippen LogP contribution in [0.3, 0.4) is 0 Å². The van der Waals surface area contributed by atoms with Gasteiger partial charge in [-0.25, -0.2) is 4.79 Å². The summed E-state index contributed by atoms with van der Waals surface area (Å²) in [5.41, 5.74) is 5.87. The molecule has 36 nitrogen and oxygen atoms in total. The lowest BCUT2D eigenvalue weighted by molar-refractivity contribution is -0.342. The van der Waals surface area contributed by atoms with Gasteiger partial charge < -0.3 is 112 Å². The summed E-state index contributed by atoms with van der Waals surface area (Å²) >= 11 is 8.66. The number of Topliss-reactive ketones (excluding diaryl/α,β-unsaturated/α-hetero) is 1. The fourth-order valence-corrected chi connectivity index (χ4v) is 18.7. The zero-order chi connectivity index (χ0) is 98.0. The lowest BCUT2D eigenvalue weighted by Crippen LogP contribution is -2.77. The molecule has 2 saturated carbocycles. The molecule has 3 aliphatic carbocycles. The Bertz CT molecular complexity index is 5470. The number of hydrogen-bond acceptors (Lipinski definition) is 29. The fourth-order valence-electron chi connectivity index (χ4n) is 18.2. The van der Waals surface area contributed by atoms with Gasteiger partial charge in [0.05, 0.1) is 35.9 Å². The number of ketones is 1. The number of phenolic OH excluding ortho intramolecular Hbond substituents is 1. The quantitative estimate of drug-likeness (QED) is 0.00848. The first kappa shape index (κ1) is 103. The molecule has 38 heteroatoms. The molecular weight excluding hydrogens is 1790 g/mol. The standard InChI is InChI=1S/C97H116N10O26S2/c1-52-71(46-96(126)47-72(131-92(124)60-30-18-11-19-31-60)82-95(7,73(112)45-74-97(82,51-127-74)133-55(4)110)83(115)80(128-54(3)109)77(52)94(96,5)6)130-93(125)81(79(58-26-14-9-15-27-58)107-85(117)59-28-16-10-17-29-59)132-76(114)36-22-35-75(113)129-70(43-56-24-12-8-13-25-56)91(123)105-68(49-134)89(121)102-66(42-57-37-39-62(111)40-38-57)87(119)103-67(44-61-48-100-64-33-21-20-32-63(61)64)88(120)101-65(34-23-41-98)86(118)104-69(50-135)90(122)106-78(53(2)108)84(99)116/h8-21,24-33,37-40,48,53,65-74,78-82,92,100,108,111-112,124,126,134-135H,22-23,34-36,41-47,49-51,98H2,1-7H3,(H2,99,116)(H,101,120)(H,102,121)(H,103,119)(H,104,118)(H,105,123)(H,106,122)(H,107,117)/t53-,65+,66+,67+,68+,69+,70-,71+,72-,73+,74-,78+,79-,80-,81-,82?,92?,95-,96-,97+/m1/s1. The molecule has 1 saturated heterocycles. The van der Waals surface area contributed by atoms with E-state index in [9.17, 15) is 78.3 Å². The number of para-hydroxylation sites is 1. The van der Waals surface area contributed by atoms with Crippen LogP contribution in [0.2, 0.25) is 0 Å². The summed E-state index contributed by atoms with van der Waals surface area (Å²) in [5.74, 6) is -16.4. The molecule has 0 spiro atoms. The zero-order valence-corrected chi connectivity index (χ0v) is 77.3. The smallest absolute Gasteiger partial charge is 0.350 e. The monoisotopic (exact) mass is 1900 g/mol. The summed E-state index contributed by atoms with van der Waals surface area (Å²) in [6.07, 6.45) is -17.5. The minimum absolute atomic E-state index is 0.0375. The molecule has 7 aromatic rings. The van der Waals surface area contributed by atoms with Crippen LogP contribution in [0.1, 0.15) is 150 Å². The Morgan fingerprint density at radius 2 is 1.14 bits per heavy atom. The van der Waals surface area contributed by atoms with E-state index in [1.54, 1.807) is 141 Å². The predicted octanol–water partition coefficient (Wildman–Crippen LogP) is 3.90. The van der Waals surface area contributed by atoms with Crippen LogP contribution in [-0.4, -0.2) is 234 Å². The van der Waals surface area contributed by atoms with E-state index in [1.807, 2.05) is 0 Å². The van der Waals surface area contributed by atoms with Crippen LogP contribution in [0.15, 0.2) is 187 Å². The number of aromatic amines is 1. The summed E-state index contributed by atoms with van der Waals surface area (Å²) in [5, 5.41) is 78.1. The van der Waals surface area contributed by atoms with Gasteiger partial charge in [0.15, 0.2) is 29.9 Å². The van der Waals surface area contributed by atoms with E-state index in [0.29, 0.717) is 27.6 Å². The molecule has 4 aliphatic rings. The lowest BCUT2D eigenvalue weighted by atomic mass is 9.52. The first-order valence-corrected chi connectivity index (χ1v) is 45.6. The van der Waals surface area contributed by atoms with Crippen LogP contribution in [0, 0.1) is 16.7 Å². The average molecular weight is 1900 g/mol. The van der Waals surface area contributed by atoms with Crippen molar-refractivity contribution < 1.29 is 126 Å². The second kappa shape index (κ2) is 45.8. The first-order chi connectivity index (χ1) is 64.2. The van der Waals surface area contributed by atoms with Gasteiger partial charge in [-0.2, -0.15) is 25.3 Å². The molecule has 722 valence electrons. The van der Waals surface area contributed by atoms with Gasteiger partial charge in [0.2, 0.25) is 41.5 Å². The number of carbonyl (C=O) groups excluding carboxylic acids is 14. The molecule has 1 aromatic heterocycles. The van der Waals surface area contributed by atoms with Gasteiger partial charge in [-0.05, 0) is 110 Å². The minimum Gasteiger partial charge on any atom is -0.508 e. The molecule has 6 aromatic carbocycles. The van der Waals surface area contributed by atoms with Crippen molar-refractivity contribution in [2.45, 2.75) is 228 Å².